The number of hydrogen-bond acceptors (Lipinski definition) is 5. The van der Waals surface area contributed by atoms with Gasteiger partial charge in [-0.2, -0.15) is 0 Å². The monoisotopic (exact) mass is 299 g/mol. The number of ketones is 1. The van der Waals surface area contributed by atoms with E-state index < -0.39 is 11.6 Å². The van der Waals surface area contributed by atoms with Crippen LogP contribution in [0.25, 0.3) is 0 Å². The van der Waals surface area contributed by atoms with Crippen molar-refractivity contribution in [2.75, 3.05) is 14.2 Å². The predicted octanol–water partition coefficient (Wildman–Crippen LogP) is 1.96. The van der Waals surface area contributed by atoms with Crippen molar-refractivity contribution in [3.63, 3.8) is 0 Å². The van der Waals surface area contributed by atoms with Gasteiger partial charge in [0.25, 0.3) is 0 Å². The van der Waals surface area contributed by atoms with Crippen molar-refractivity contribution in [3.8, 4) is 5.75 Å². The SMILES string of the molecule is COC1(OC)C=CC(C(=O)c2ccccc2O)=C(O)C1.[Na]. The summed E-state index contributed by atoms with van der Waals surface area (Å²) in [5.74, 6) is -1.77. The van der Waals surface area contributed by atoms with Gasteiger partial charge in [-0.15, -0.1) is 0 Å². The van der Waals surface area contributed by atoms with Crippen molar-refractivity contribution in [2.24, 2.45) is 0 Å². The van der Waals surface area contributed by atoms with Crippen LogP contribution in [0.2, 0.25) is 0 Å². The number of aromatic hydroxyl groups is 1. The number of ether oxygens (including phenoxy) is 2. The molecule has 0 saturated carbocycles. The number of aliphatic hydroxyl groups is 1. The first-order valence-electron chi connectivity index (χ1n) is 6.07. The molecule has 1 aliphatic rings. The second-order valence-corrected chi connectivity index (χ2v) is 4.44. The smallest absolute Gasteiger partial charge is 0.200 e. The first kappa shape index (κ1) is 17.9. The third-order valence-corrected chi connectivity index (χ3v) is 3.31. The molecule has 0 saturated heterocycles. The number of hydrogen-bond donors (Lipinski definition) is 2. The van der Waals surface area contributed by atoms with Crippen LogP contribution in [0.15, 0.2) is 47.7 Å². The number of methoxy groups -OCH3 is 2. The summed E-state index contributed by atoms with van der Waals surface area (Å²) in [6, 6.07) is 6.19. The molecule has 2 N–H and O–H groups in total. The summed E-state index contributed by atoms with van der Waals surface area (Å²) in [6.45, 7) is 0. The molecule has 0 fully saturated rings. The minimum atomic E-state index is -1.06. The van der Waals surface area contributed by atoms with Crippen molar-refractivity contribution in [2.45, 2.75) is 12.2 Å². The van der Waals surface area contributed by atoms with Crippen molar-refractivity contribution in [3.05, 3.63) is 53.3 Å². The number of phenols is 1. The van der Waals surface area contributed by atoms with Gasteiger partial charge in [0, 0.05) is 43.8 Å². The molecule has 5 nitrogen and oxygen atoms in total. The van der Waals surface area contributed by atoms with Gasteiger partial charge in [0.05, 0.1) is 17.6 Å². The van der Waals surface area contributed by atoms with E-state index >= 15 is 0 Å². The summed E-state index contributed by atoms with van der Waals surface area (Å²) < 4.78 is 10.4. The average Bonchev–Trinajstić information content (AvgIpc) is 2.47. The van der Waals surface area contributed by atoms with Gasteiger partial charge in [-0.05, 0) is 24.3 Å². The van der Waals surface area contributed by atoms with Gasteiger partial charge in [-0.25, -0.2) is 0 Å². The fourth-order valence-corrected chi connectivity index (χ4v) is 2.08. The minimum Gasteiger partial charge on any atom is -0.511 e. The van der Waals surface area contributed by atoms with E-state index in [0.717, 1.165) is 0 Å². The Bertz CT molecular complexity index is 587. The Hall–Kier alpha value is -1.11. The van der Waals surface area contributed by atoms with E-state index in [2.05, 4.69) is 0 Å². The summed E-state index contributed by atoms with van der Waals surface area (Å²) in [5, 5.41) is 19.7. The topological polar surface area (TPSA) is 76.0 Å². The van der Waals surface area contributed by atoms with Crippen molar-refractivity contribution < 1.29 is 24.5 Å². The average molecular weight is 299 g/mol. The fraction of sp³-hybridized carbons (Fsp3) is 0.267. The van der Waals surface area contributed by atoms with Crippen LogP contribution in [0.5, 0.6) is 5.75 Å². The molecule has 0 aliphatic heterocycles. The van der Waals surface area contributed by atoms with Crippen molar-refractivity contribution in [1.29, 1.82) is 0 Å². The normalized spacial score (nSPS) is 16.5. The van der Waals surface area contributed by atoms with E-state index in [1.807, 2.05) is 0 Å². The number of phenolic OH excluding ortho intramolecular Hbond substituents is 1. The van der Waals surface area contributed by atoms with Crippen LogP contribution in [0.3, 0.4) is 0 Å². The number of carbonyl (C=O) groups is 1. The Kier molecular flexibility index (Phi) is 6.19. The van der Waals surface area contributed by atoms with Crippen LogP contribution in [0, 0.1) is 0 Å². The zero-order valence-corrected chi connectivity index (χ0v) is 14.3. The maximum absolute atomic E-state index is 12.3. The first-order valence-corrected chi connectivity index (χ1v) is 6.07. The maximum Gasteiger partial charge on any atom is 0.200 e. The molecule has 0 atom stereocenters. The van der Waals surface area contributed by atoms with Gasteiger partial charge in [0.2, 0.25) is 0 Å². The molecule has 1 aliphatic carbocycles. The molecule has 1 radical (unpaired) electrons. The van der Waals surface area contributed by atoms with E-state index in [1.54, 1.807) is 18.2 Å². The third-order valence-electron chi connectivity index (χ3n) is 3.31. The molecule has 0 heterocycles. The van der Waals surface area contributed by atoms with Crippen LogP contribution in [-0.4, -0.2) is 65.6 Å². The van der Waals surface area contributed by atoms with Crippen LogP contribution >= 0.6 is 0 Å². The van der Waals surface area contributed by atoms with Gasteiger partial charge in [0.1, 0.15) is 11.5 Å². The van der Waals surface area contributed by atoms with Gasteiger partial charge < -0.3 is 19.7 Å². The Morgan fingerprint density at radius 2 is 1.81 bits per heavy atom. The molecule has 1 aromatic rings. The zero-order valence-electron chi connectivity index (χ0n) is 12.3. The molecule has 0 aromatic heterocycles. The molecule has 0 bridgehead atoms. The molecule has 107 valence electrons. The summed E-state index contributed by atoms with van der Waals surface area (Å²) in [6.07, 6.45) is 3.05. The standard InChI is InChI=1S/C15H16O5.Na/c1-19-15(20-2)8-7-11(13(17)9-15)14(18)10-5-3-4-6-12(10)16;/h3-8,16-17H,9H2,1-2H3;. The maximum atomic E-state index is 12.3. The second kappa shape index (κ2) is 7.24. The van der Waals surface area contributed by atoms with Crippen LogP contribution < -0.4 is 0 Å². The van der Waals surface area contributed by atoms with Gasteiger partial charge >= 0.3 is 0 Å². The van der Waals surface area contributed by atoms with Crippen molar-refractivity contribution >= 4 is 35.3 Å². The number of rotatable bonds is 4. The first-order chi connectivity index (χ1) is 9.53. The summed E-state index contributed by atoms with van der Waals surface area (Å²) in [4.78, 5) is 12.3. The molecule has 1 aromatic carbocycles. The molecule has 6 heteroatoms. The molecule has 0 spiro atoms. The largest absolute Gasteiger partial charge is 0.511 e. The molecule has 0 amide bonds. The Balaban J connectivity index is 0.00000220. The molecular weight excluding hydrogens is 283 g/mol. The number of allylic oxidation sites excluding steroid dienone is 2. The van der Waals surface area contributed by atoms with E-state index in [1.165, 1.54) is 32.4 Å². The predicted molar refractivity (Wildman–Crippen MR) is 78.4 cm³/mol. The Morgan fingerprint density at radius 1 is 1.19 bits per heavy atom. The van der Waals surface area contributed by atoms with Gasteiger partial charge in [-0.3, -0.25) is 4.79 Å². The number of carbonyl (C=O) groups excluding carboxylic acids is 1. The Labute approximate surface area is 145 Å². The number of benzene rings is 1. The van der Waals surface area contributed by atoms with Gasteiger partial charge in [0.15, 0.2) is 11.6 Å². The third kappa shape index (κ3) is 3.56. The molecule has 2 rings (SSSR count). The minimum absolute atomic E-state index is 0. The quantitative estimate of drug-likeness (QED) is 0.505. The molecular formula is C15H16NaO5. The van der Waals surface area contributed by atoms with Crippen LogP contribution in [0.1, 0.15) is 16.8 Å². The van der Waals surface area contributed by atoms with E-state index in [4.69, 9.17) is 9.47 Å². The fourth-order valence-electron chi connectivity index (χ4n) is 2.08. The number of Topliss-reactive ketones (excluding diaryl/α,β-unsaturated/α-hetero) is 1. The summed E-state index contributed by atoms with van der Waals surface area (Å²) >= 11 is 0. The summed E-state index contributed by atoms with van der Waals surface area (Å²) in [5.41, 5.74) is 0.261. The Morgan fingerprint density at radius 3 is 2.33 bits per heavy atom. The van der Waals surface area contributed by atoms with E-state index in [9.17, 15) is 15.0 Å². The van der Waals surface area contributed by atoms with Gasteiger partial charge in [-0.1, -0.05) is 12.1 Å². The van der Waals surface area contributed by atoms with E-state index in [0.29, 0.717) is 0 Å². The molecule has 21 heavy (non-hydrogen) atoms. The molecule has 0 unspecified atom stereocenters. The van der Waals surface area contributed by atoms with Crippen LogP contribution in [0.4, 0.5) is 0 Å². The number of aliphatic hydroxyl groups excluding tert-OH is 1. The van der Waals surface area contributed by atoms with Crippen LogP contribution in [-0.2, 0) is 9.47 Å². The second-order valence-electron chi connectivity index (χ2n) is 4.44. The van der Waals surface area contributed by atoms with E-state index in [-0.39, 0.29) is 58.6 Å². The zero-order chi connectivity index (χ0) is 14.8. The number of para-hydroxylation sites is 1. The van der Waals surface area contributed by atoms with Crippen molar-refractivity contribution in [1.82, 2.24) is 0 Å². The summed E-state index contributed by atoms with van der Waals surface area (Å²) in [7, 11) is 2.91.